The quantitative estimate of drug-likeness (QED) is 0.454. The molecule has 1 aliphatic rings. The second-order valence-corrected chi connectivity index (χ2v) is 3.58. The van der Waals surface area contributed by atoms with Crippen molar-refractivity contribution in [3.63, 3.8) is 0 Å². The van der Waals surface area contributed by atoms with Gasteiger partial charge in [-0.15, -0.1) is 0 Å². The van der Waals surface area contributed by atoms with Crippen LogP contribution in [0.2, 0.25) is 0 Å². The largest absolute Gasteiger partial charge is 0.297 e. The molecule has 1 aliphatic heterocycles. The lowest BCUT2D eigenvalue weighted by Crippen LogP contribution is -2.35. The van der Waals surface area contributed by atoms with E-state index < -0.39 is 0 Å². The predicted octanol–water partition coefficient (Wildman–Crippen LogP) is -0.0936. The van der Waals surface area contributed by atoms with Gasteiger partial charge in [-0.25, -0.2) is 0 Å². The highest BCUT2D eigenvalue weighted by atomic mass is 33.1. The molecule has 38 valence electrons. The molecule has 7 heavy (non-hydrogen) atoms. The fourth-order valence-corrected chi connectivity index (χ4v) is 2.01. The van der Waals surface area contributed by atoms with Crippen molar-refractivity contribution in [1.29, 1.82) is 5.41 Å². The molecule has 1 fully saturated rings. The van der Waals surface area contributed by atoms with Crippen LogP contribution in [0.3, 0.4) is 0 Å². The van der Waals surface area contributed by atoms with Crippen molar-refractivity contribution in [3.8, 4) is 0 Å². The summed E-state index contributed by atoms with van der Waals surface area (Å²) in [7, 11) is 2.94. The highest BCUT2D eigenvalue weighted by Gasteiger charge is 2.17. The van der Waals surface area contributed by atoms with E-state index >= 15 is 0 Å². The molecule has 1 saturated heterocycles. The number of nitrogens with two attached hydrogens (primary N) is 1. The average Bonchev–Trinajstić information content (AvgIpc) is 1.87. The first-order valence-corrected chi connectivity index (χ1v) is 3.97. The summed E-state index contributed by atoms with van der Waals surface area (Å²) in [6.45, 7) is 0. The van der Waals surface area contributed by atoms with Crippen molar-refractivity contribution >= 4 is 31.7 Å². The Balaban J connectivity index is 2.55. The topological polar surface area (TPSA) is 49.4 Å². The van der Waals surface area contributed by atoms with Gasteiger partial charge in [0.05, 0.1) is 11.5 Å². The third kappa shape index (κ3) is 1.21. The van der Waals surface area contributed by atoms with Gasteiger partial charge in [-0.2, -0.15) is 0 Å². The third-order valence-electron chi connectivity index (χ3n) is 0.584. The summed E-state index contributed by atoms with van der Waals surface area (Å²) in [5, 5.41) is 13.9. The summed E-state index contributed by atoms with van der Waals surface area (Å²) in [5.74, 6) is 0. The summed E-state index contributed by atoms with van der Waals surface area (Å²) in [4.78, 5) is 0. The van der Waals surface area contributed by atoms with E-state index in [1.54, 1.807) is 0 Å². The van der Waals surface area contributed by atoms with Gasteiger partial charge in [-0.05, 0) is 10.8 Å². The molecule has 4 heteroatoms. The summed E-state index contributed by atoms with van der Waals surface area (Å²) in [6.07, 6.45) is 0.676. The maximum Gasteiger partial charge on any atom is 0.224 e. The van der Waals surface area contributed by atoms with Gasteiger partial charge in [0.25, 0.3) is 0 Å². The maximum atomic E-state index is 7.02. The van der Waals surface area contributed by atoms with Crippen LogP contribution in [0.15, 0.2) is 0 Å². The molecule has 2 nitrogen and oxygen atoms in total. The molecule has 0 aliphatic carbocycles. The van der Waals surface area contributed by atoms with E-state index in [1.165, 1.54) is 21.6 Å². The van der Waals surface area contributed by atoms with Gasteiger partial charge in [0, 0.05) is 10.8 Å². The molecule has 0 bridgehead atoms. The van der Waals surface area contributed by atoms with Crippen molar-refractivity contribution in [3.05, 3.63) is 0 Å². The number of hydrogen-bond acceptors (Lipinski definition) is 3. The minimum atomic E-state index is 0.669. The average molecular weight is 133 g/mol. The standard InChI is InChI=1S/C3H4N2S2/c4-2-1-3(5)7-6-2/h4-5H,1H2/p+1. The normalized spacial score (nSPS) is 21.1. The van der Waals surface area contributed by atoms with E-state index in [2.05, 4.69) is 0 Å². The Morgan fingerprint density at radius 3 is 2.43 bits per heavy atom. The molecule has 0 atom stereocenters. The van der Waals surface area contributed by atoms with Gasteiger partial charge in [0.2, 0.25) is 5.04 Å². The third-order valence-corrected chi connectivity index (χ3v) is 2.87. The van der Waals surface area contributed by atoms with Crippen LogP contribution in [0.4, 0.5) is 0 Å². The van der Waals surface area contributed by atoms with Gasteiger partial charge < -0.3 is 0 Å². The van der Waals surface area contributed by atoms with Gasteiger partial charge in [-0.1, -0.05) is 0 Å². The summed E-state index contributed by atoms with van der Waals surface area (Å²) < 4.78 is 0. The number of hydrogen-bond donors (Lipinski definition) is 2. The second-order valence-electron chi connectivity index (χ2n) is 1.23. The van der Waals surface area contributed by atoms with Crippen LogP contribution in [0.5, 0.6) is 0 Å². The Labute approximate surface area is 49.5 Å². The van der Waals surface area contributed by atoms with E-state index in [-0.39, 0.29) is 0 Å². The van der Waals surface area contributed by atoms with Crippen LogP contribution >= 0.6 is 21.6 Å². The Hall–Kier alpha value is 0.0400. The van der Waals surface area contributed by atoms with Crippen LogP contribution in [-0.4, -0.2) is 10.1 Å². The zero-order valence-corrected chi connectivity index (χ0v) is 5.23. The number of nitrogens with one attached hydrogen (secondary N) is 1. The van der Waals surface area contributed by atoms with Gasteiger partial charge in [0.1, 0.15) is 0 Å². The van der Waals surface area contributed by atoms with Crippen molar-refractivity contribution in [2.45, 2.75) is 6.42 Å². The first-order valence-electron chi connectivity index (χ1n) is 1.82. The Bertz CT molecular complexity index is 106. The van der Waals surface area contributed by atoms with Crippen LogP contribution in [0.25, 0.3) is 0 Å². The van der Waals surface area contributed by atoms with Crippen LogP contribution < -0.4 is 5.41 Å². The van der Waals surface area contributed by atoms with Gasteiger partial charge >= 0.3 is 0 Å². The smallest absolute Gasteiger partial charge is 0.224 e. The molecule has 1 rings (SSSR count). The van der Waals surface area contributed by atoms with Crippen molar-refractivity contribution in [2.75, 3.05) is 0 Å². The van der Waals surface area contributed by atoms with Crippen LogP contribution in [0, 0.1) is 5.41 Å². The predicted molar refractivity (Wildman–Crippen MR) is 34.5 cm³/mol. The summed E-state index contributed by atoms with van der Waals surface area (Å²) >= 11 is 0. The van der Waals surface area contributed by atoms with Crippen molar-refractivity contribution in [1.82, 2.24) is 0 Å². The zero-order chi connectivity index (χ0) is 5.28. The molecule has 0 saturated carbocycles. The van der Waals surface area contributed by atoms with E-state index in [0.29, 0.717) is 11.5 Å². The van der Waals surface area contributed by atoms with Crippen LogP contribution in [0.1, 0.15) is 6.42 Å². The van der Waals surface area contributed by atoms with E-state index in [9.17, 15) is 0 Å². The maximum absolute atomic E-state index is 7.02. The van der Waals surface area contributed by atoms with Gasteiger partial charge in [-0.3, -0.25) is 10.8 Å². The molecule has 0 aromatic carbocycles. The monoisotopic (exact) mass is 133 g/mol. The molecule has 1 heterocycles. The molecule has 3 N–H and O–H groups in total. The molecular weight excluding hydrogens is 128 g/mol. The minimum Gasteiger partial charge on any atom is -0.297 e. The Kier molecular flexibility index (Phi) is 1.39. The Morgan fingerprint density at radius 1 is 1.57 bits per heavy atom. The highest BCUT2D eigenvalue weighted by Crippen LogP contribution is 2.32. The summed E-state index contributed by atoms with van der Waals surface area (Å²) in [5.41, 5.74) is 0. The molecule has 0 aromatic heterocycles. The lowest BCUT2D eigenvalue weighted by atomic mass is 10.5. The van der Waals surface area contributed by atoms with Crippen molar-refractivity contribution < 1.29 is 5.41 Å². The zero-order valence-electron chi connectivity index (χ0n) is 3.60. The summed E-state index contributed by atoms with van der Waals surface area (Å²) in [6, 6.07) is 0. The van der Waals surface area contributed by atoms with E-state index in [0.717, 1.165) is 5.04 Å². The van der Waals surface area contributed by atoms with Gasteiger partial charge in [0.15, 0.2) is 0 Å². The molecule has 0 spiro atoms. The fourth-order valence-electron chi connectivity index (χ4n) is 0.321. The van der Waals surface area contributed by atoms with Crippen molar-refractivity contribution in [2.24, 2.45) is 0 Å². The highest BCUT2D eigenvalue weighted by molar-refractivity contribution is 8.88. The lowest BCUT2D eigenvalue weighted by molar-refractivity contribution is -0.109. The first kappa shape index (κ1) is 5.18. The minimum absolute atomic E-state index is 0.669. The molecule has 0 radical (unpaired) electrons. The second kappa shape index (κ2) is 1.88. The number of rotatable bonds is 0. The van der Waals surface area contributed by atoms with Crippen LogP contribution in [-0.2, 0) is 0 Å². The fraction of sp³-hybridized carbons (Fsp3) is 0.333. The lowest BCUT2D eigenvalue weighted by Gasteiger charge is -1.72. The first-order chi connectivity index (χ1) is 3.29. The molecule has 0 aromatic rings. The van der Waals surface area contributed by atoms with E-state index in [1.807, 2.05) is 0 Å². The molecular formula is C3H5N2S2+. The Morgan fingerprint density at radius 2 is 2.29 bits per heavy atom. The molecule has 0 amide bonds. The SMILES string of the molecule is N=C1CC(=[NH2+])SS1. The molecule has 0 unspecified atom stereocenters. The van der Waals surface area contributed by atoms with E-state index in [4.69, 9.17) is 10.8 Å².